The van der Waals surface area contributed by atoms with Crippen LogP contribution < -0.4 is 5.73 Å². The molecule has 0 aliphatic heterocycles. The van der Waals surface area contributed by atoms with Crippen LogP contribution in [0.2, 0.25) is 0 Å². The summed E-state index contributed by atoms with van der Waals surface area (Å²) in [4.78, 5) is 0. The molecule has 3 nitrogen and oxygen atoms in total. The highest BCUT2D eigenvalue weighted by Crippen LogP contribution is 2.41. The van der Waals surface area contributed by atoms with Crippen molar-refractivity contribution in [2.45, 2.75) is 25.7 Å². The van der Waals surface area contributed by atoms with Gasteiger partial charge in [0.05, 0.1) is 5.69 Å². The molecule has 1 saturated carbocycles. The Balaban J connectivity index is 2.23. The molecule has 1 fully saturated rings. The minimum absolute atomic E-state index is 0.661. The molecule has 2 atom stereocenters. The summed E-state index contributed by atoms with van der Waals surface area (Å²) in [6, 6.07) is 2.00. The van der Waals surface area contributed by atoms with Gasteiger partial charge in [0.1, 0.15) is 5.82 Å². The molecule has 2 N–H and O–H groups in total. The number of hydrogen-bond donors (Lipinski definition) is 1. The predicted octanol–water partition coefficient (Wildman–Crippen LogP) is 1.52. The Bertz CT molecular complexity index is 270. The lowest BCUT2D eigenvalue weighted by Crippen LogP contribution is -2.21. The van der Waals surface area contributed by atoms with Crippen LogP contribution in [0.4, 0.5) is 5.82 Å². The monoisotopic (exact) mass is 165 g/mol. The number of nitrogen functional groups attached to an aromatic ring is 1. The summed E-state index contributed by atoms with van der Waals surface area (Å²) in [6.45, 7) is 2.28. The fourth-order valence-corrected chi connectivity index (χ4v) is 1.79. The third-order valence-electron chi connectivity index (χ3n) is 2.93. The molecule has 12 heavy (non-hydrogen) atoms. The number of nitrogens with two attached hydrogens (primary N) is 1. The lowest BCUT2D eigenvalue weighted by atomic mass is 9.73. The number of aromatic nitrogens is 2. The largest absolute Gasteiger partial charge is 0.384 e. The van der Waals surface area contributed by atoms with Gasteiger partial charge in [0, 0.05) is 19.0 Å². The molecule has 0 unspecified atom stereocenters. The first kappa shape index (κ1) is 7.65. The summed E-state index contributed by atoms with van der Waals surface area (Å²) in [5.41, 5.74) is 6.88. The lowest BCUT2D eigenvalue weighted by molar-refractivity contribution is 0.273. The molecule has 1 aliphatic rings. The molecule has 1 heterocycles. The highest BCUT2D eigenvalue weighted by molar-refractivity contribution is 5.32. The van der Waals surface area contributed by atoms with Gasteiger partial charge < -0.3 is 5.73 Å². The number of anilines is 1. The molecular formula is C9H15N3. The van der Waals surface area contributed by atoms with Gasteiger partial charge in [-0.3, -0.25) is 4.68 Å². The summed E-state index contributed by atoms with van der Waals surface area (Å²) in [7, 11) is 1.89. The van der Waals surface area contributed by atoms with Crippen molar-refractivity contribution in [2.75, 3.05) is 5.73 Å². The molecule has 1 aliphatic carbocycles. The van der Waals surface area contributed by atoms with Crippen LogP contribution in [0.3, 0.4) is 0 Å². The van der Waals surface area contributed by atoms with Crippen LogP contribution in [0.25, 0.3) is 0 Å². The van der Waals surface area contributed by atoms with E-state index in [1.54, 1.807) is 4.68 Å². The maximum absolute atomic E-state index is 5.70. The molecule has 0 radical (unpaired) electrons. The van der Waals surface area contributed by atoms with Crippen LogP contribution in [0.5, 0.6) is 0 Å². The van der Waals surface area contributed by atoms with E-state index in [1.165, 1.54) is 18.5 Å². The molecule has 3 heteroatoms. The minimum atomic E-state index is 0.661. The quantitative estimate of drug-likeness (QED) is 0.685. The van der Waals surface area contributed by atoms with E-state index in [9.17, 15) is 0 Å². The zero-order valence-electron chi connectivity index (χ0n) is 7.62. The topological polar surface area (TPSA) is 43.8 Å². The van der Waals surface area contributed by atoms with Crippen molar-refractivity contribution < 1.29 is 0 Å². The third-order valence-corrected chi connectivity index (χ3v) is 2.93. The van der Waals surface area contributed by atoms with Gasteiger partial charge >= 0.3 is 0 Å². The Morgan fingerprint density at radius 2 is 2.33 bits per heavy atom. The van der Waals surface area contributed by atoms with Crippen LogP contribution in [0.1, 0.15) is 31.4 Å². The maximum atomic E-state index is 5.70. The van der Waals surface area contributed by atoms with Crippen molar-refractivity contribution in [2.24, 2.45) is 13.0 Å². The fourth-order valence-electron chi connectivity index (χ4n) is 1.79. The van der Waals surface area contributed by atoms with Crippen molar-refractivity contribution in [3.05, 3.63) is 11.8 Å². The molecule has 1 aromatic rings. The van der Waals surface area contributed by atoms with E-state index in [2.05, 4.69) is 12.0 Å². The summed E-state index contributed by atoms with van der Waals surface area (Å²) in [6.07, 6.45) is 2.61. The standard InChI is InChI=1S/C9H15N3/c1-6-3-4-7(6)8-5-9(10)12(2)11-8/h5-7H,3-4,10H2,1-2H3/t6-,7+/m0/s1. The van der Waals surface area contributed by atoms with Crippen LogP contribution in [0.15, 0.2) is 6.07 Å². The molecule has 0 aromatic carbocycles. The SMILES string of the molecule is C[C@H]1CC[C@H]1c1cc(N)n(C)n1. The zero-order chi connectivity index (χ0) is 8.72. The number of hydrogen-bond acceptors (Lipinski definition) is 2. The average Bonchev–Trinajstić information content (AvgIpc) is 2.29. The molecule has 2 rings (SSSR count). The smallest absolute Gasteiger partial charge is 0.121 e. The van der Waals surface area contributed by atoms with Crippen molar-refractivity contribution in [3.8, 4) is 0 Å². The van der Waals surface area contributed by atoms with Crippen LogP contribution >= 0.6 is 0 Å². The van der Waals surface area contributed by atoms with E-state index >= 15 is 0 Å². The van der Waals surface area contributed by atoms with Gasteiger partial charge in [-0.1, -0.05) is 6.92 Å². The first-order valence-electron chi connectivity index (χ1n) is 4.48. The number of aryl methyl sites for hydroxylation is 1. The van der Waals surface area contributed by atoms with Gasteiger partial charge in [0.15, 0.2) is 0 Å². The van der Waals surface area contributed by atoms with Crippen LogP contribution in [-0.2, 0) is 7.05 Å². The molecule has 66 valence electrons. The van der Waals surface area contributed by atoms with Crippen molar-refractivity contribution in [1.29, 1.82) is 0 Å². The predicted molar refractivity (Wildman–Crippen MR) is 48.8 cm³/mol. The van der Waals surface area contributed by atoms with Gasteiger partial charge in [-0.25, -0.2) is 0 Å². The second kappa shape index (κ2) is 2.51. The van der Waals surface area contributed by atoms with Gasteiger partial charge in [-0.2, -0.15) is 5.10 Å². The highest BCUT2D eigenvalue weighted by Gasteiger charge is 2.30. The molecule has 0 bridgehead atoms. The van der Waals surface area contributed by atoms with Gasteiger partial charge in [0.2, 0.25) is 0 Å². The number of nitrogens with zero attached hydrogens (tertiary/aromatic N) is 2. The molecule has 0 spiro atoms. The Hall–Kier alpha value is -0.990. The molecule has 1 aromatic heterocycles. The van der Waals surface area contributed by atoms with E-state index in [-0.39, 0.29) is 0 Å². The van der Waals surface area contributed by atoms with E-state index in [1.807, 2.05) is 13.1 Å². The molecule has 0 saturated heterocycles. The average molecular weight is 165 g/mol. The minimum Gasteiger partial charge on any atom is -0.384 e. The van der Waals surface area contributed by atoms with E-state index in [4.69, 9.17) is 5.73 Å². The second-order valence-electron chi connectivity index (χ2n) is 3.78. The highest BCUT2D eigenvalue weighted by atomic mass is 15.3. The fraction of sp³-hybridized carbons (Fsp3) is 0.667. The zero-order valence-corrected chi connectivity index (χ0v) is 7.62. The van der Waals surface area contributed by atoms with Crippen molar-refractivity contribution in [3.63, 3.8) is 0 Å². The van der Waals surface area contributed by atoms with Crippen LogP contribution in [0, 0.1) is 5.92 Å². The van der Waals surface area contributed by atoms with Crippen molar-refractivity contribution >= 4 is 5.82 Å². The Morgan fingerprint density at radius 1 is 1.58 bits per heavy atom. The summed E-state index contributed by atoms with van der Waals surface area (Å²) in [5.74, 6) is 2.22. The summed E-state index contributed by atoms with van der Waals surface area (Å²) >= 11 is 0. The van der Waals surface area contributed by atoms with E-state index in [0.29, 0.717) is 5.92 Å². The first-order valence-corrected chi connectivity index (χ1v) is 4.48. The van der Waals surface area contributed by atoms with Gasteiger partial charge in [-0.05, 0) is 18.8 Å². The van der Waals surface area contributed by atoms with E-state index in [0.717, 1.165) is 11.7 Å². The van der Waals surface area contributed by atoms with E-state index < -0.39 is 0 Å². The molecule has 0 amide bonds. The molecular weight excluding hydrogens is 150 g/mol. The normalized spacial score (nSPS) is 28.5. The first-order chi connectivity index (χ1) is 5.68. The Labute approximate surface area is 72.6 Å². The Kier molecular flexibility index (Phi) is 1.60. The maximum Gasteiger partial charge on any atom is 0.121 e. The third kappa shape index (κ3) is 1.00. The van der Waals surface area contributed by atoms with Crippen LogP contribution in [-0.4, -0.2) is 9.78 Å². The van der Waals surface area contributed by atoms with Crippen molar-refractivity contribution in [1.82, 2.24) is 9.78 Å². The van der Waals surface area contributed by atoms with Gasteiger partial charge in [-0.15, -0.1) is 0 Å². The summed E-state index contributed by atoms with van der Waals surface area (Å²) < 4.78 is 1.75. The second-order valence-corrected chi connectivity index (χ2v) is 3.78. The Morgan fingerprint density at radius 3 is 2.67 bits per heavy atom. The lowest BCUT2D eigenvalue weighted by Gasteiger charge is -2.32. The summed E-state index contributed by atoms with van der Waals surface area (Å²) in [5, 5.41) is 4.37. The number of rotatable bonds is 1. The van der Waals surface area contributed by atoms with Gasteiger partial charge in [0.25, 0.3) is 0 Å².